The Hall–Kier alpha value is -1.62. The van der Waals surface area contributed by atoms with Gasteiger partial charge in [-0.25, -0.2) is 0 Å². The van der Waals surface area contributed by atoms with Crippen LogP contribution in [0.3, 0.4) is 0 Å². The number of nitrogens with one attached hydrogen (secondary N) is 1. The third-order valence-corrected chi connectivity index (χ3v) is 4.74. The molecule has 2 aliphatic rings. The van der Waals surface area contributed by atoms with Crippen LogP contribution in [0.5, 0.6) is 0 Å². The molecule has 1 atom stereocenters. The highest BCUT2D eigenvalue weighted by Crippen LogP contribution is 2.37. The van der Waals surface area contributed by atoms with Gasteiger partial charge in [0, 0.05) is 24.2 Å². The Bertz CT molecular complexity index is 630. The van der Waals surface area contributed by atoms with E-state index in [9.17, 15) is 9.59 Å². The maximum atomic E-state index is 12.8. The van der Waals surface area contributed by atoms with Gasteiger partial charge in [-0.15, -0.1) is 0 Å². The van der Waals surface area contributed by atoms with Crippen LogP contribution >= 0.6 is 0 Å². The quantitative estimate of drug-likeness (QED) is 0.866. The predicted molar refractivity (Wildman–Crippen MR) is 83.3 cm³/mol. The highest BCUT2D eigenvalue weighted by Gasteiger charge is 2.36. The number of Topliss-reactive ketones (excluding diaryl/α,β-unsaturated/α-hetero) is 1. The monoisotopic (exact) mass is 304 g/mol. The van der Waals surface area contributed by atoms with E-state index >= 15 is 0 Å². The summed E-state index contributed by atoms with van der Waals surface area (Å²) in [4.78, 5) is 30.4. The molecule has 0 saturated carbocycles. The highest BCUT2D eigenvalue weighted by molar-refractivity contribution is 6.04. The van der Waals surface area contributed by atoms with E-state index in [0.717, 1.165) is 23.2 Å². The molecule has 1 aliphatic heterocycles. The molecular formula is C17H24N2O3. The zero-order chi connectivity index (χ0) is 16.1. The van der Waals surface area contributed by atoms with Crippen LogP contribution in [0.2, 0.25) is 0 Å². The number of ketones is 1. The minimum absolute atomic E-state index is 0.0201. The molecule has 5 nitrogen and oxygen atoms in total. The second kappa shape index (κ2) is 5.23. The number of rotatable bonds is 1. The molecular weight excluding hydrogens is 280 g/mol. The molecule has 0 spiro atoms. The summed E-state index contributed by atoms with van der Waals surface area (Å²) in [5.74, 6) is 0.127. The Balaban J connectivity index is 1.96. The number of hydrogen-bond acceptors (Lipinski definition) is 3. The Morgan fingerprint density at radius 2 is 2.09 bits per heavy atom. The minimum atomic E-state index is -0.0477. The zero-order valence-corrected chi connectivity index (χ0v) is 13.8. The molecule has 1 saturated heterocycles. The lowest BCUT2D eigenvalue weighted by Crippen LogP contribution is -2.47. The van der Waals surface area contributed by atoms with Crippen molar-refractivity contribution in [2.75, 3.05) is 19.8 Å². The number of hydrogen-bond donors (Lipinski definition) is 1. The lowest BCUT2D eigenvalue weighted by Gasteiger charge is -2.33. The van der Waals surface area contributed by atoms with Gasteiger partial charge >= 0.3 is 0 Å². The van der Waals surface area contributed by atoms with Crippen molar-refractivity contribution < 1.29 is 14.3 Å². The molecule has 120 valence electrons. The van der Waals surface area contributed by atoms with Gasteiger partial charge in [-0.2, -0.15) is 0 Å². The normalized spacial score (nSPS) is 24.3. The molecule has 1 aliphatic carbocycles. The summed E-state index contributed by atoms with van der Waals surface area (Å²) in [6.45, 7) is 9.79. The van der Waals surface area contributed by atoms with Gasteiger partial charge in [-0.3, -0.25) is 9.59 Å². The number of aromatic amines is 1. The first kappa shape index (κ1) is 15.3. The molecule has 1 aromatic heterocycles. The van der Waals surface area contributed by atoms with Gasteiger partial charge in [0.05, 0.1) is 19.3 Å². The van der Waals surface area contributed by atoms with E-state index in [2.05, 4.69) is 18.8 Å². The number of aromatic nitrogens is 1. The van der Waals surface area contributed by atoms with Crippen molar-refractivity contribution in [2.45, 2.75) is 46.6 Å². The Labute approximate surface area is 131 Å². The van der Waals surface area contributed by atoms with Crippen molar-refractivity contribution >= 4 is 11.7 Å². The van der Waals surface area contributed by atoms with Crippen LogP contribution in [0.1, 0.15) is 59.3 Å². The maximum Gasteiger partial charge on any atom is 0.270 e. The molecule has 3 rings (SSSR count). The van der Waals surface area contributed by atoms with Gasteiger partial charge in [0.15, 0.2) is 5.78 Å². The first-order chi connectivity index (χ1) is 10.3. The molecule has 22 heavy (non-hydrogen) atoms. The van der Waals surface area contributed by atoms with Crippen molar-refractivity contribution in [3.63, 3.8) is 0 Å². The van der Waals surface area contributed by atoms with Crippen LogP contribution in [-0.4, -0.2) is 47.4 Å². The molecule has 1 amide bonds. The first-order valence-corrected chi connectivity index (χ1v) is 7.93. The van der Waals surface area contributed by atoms with Gasteiger partial charge < -0.3 is 14.6 Å². The van der Waals surface area contributed by atoms with Crippen molar-refractivity contribution in [3.05, 3.63) is 22.5 Å². The smallest absolute Gasteiger partial charge is 0.270 e. The van der Waals surface area contributed by atoms with E-state index in [4.69, 9.17) is 4.74 Å². The summed E-state index contributed by atoms with van der Waals surface area (Å²) in [6, 6.07) is 0.0631. The number of carbonyl (C=O) groups is 2. The number of morpholine rings is 1. The topological polar surface area (TPSA) is 62.4 Å². The summed E-state index contributed by atoms with van der Waals surface area (Å²) >= 11 is 0. The molecule has 0 aromatic carbocycles. The van der Waals surface area contributed by atoms with Crippen molar-refractivity contribution in [1.29, 1.82) is 0 Å². The van der Waals surface area contributed by atoms with Gasteiger partial charge in [-0.1, -0.05) is 13.8 Å². The van der Waals surface area contributed by atoms with Crippen molar-refractivity contribution in [2.24, 2.45) is 5.41 Å². The summed E-state index contributed by atoms with van der Waals surface area (Å²) < 4.78 is 5.40. The summed E-state index contributed by atoms with van der Waals surface area (Å²) in [5.41, 5.74) is 2.99. The second-order valence-corrected chi connectivity index (χ2v) is 7.34. The Morgan fingerprint density at radius 3 is 2.77 bits per heavy atom. The van der Waals surface area contributed by atoms with Crippen LogP contribution < -0.4 is 0 Å². The second-order valence-electron chi connectivity index (χ2n) is 7.34. The minimum Gasteiger partial charge on any atom is -0.377 e. The van der Waals surface area contributed by atoms with Gasteiger partial charge in [0.1, 0.15) is 5.69 Å². The Morgan fingerprint density at radius 1 is 1.36 bits per heavy atom. The standard InChI is InChI=1S/C17H24N2O3/c1-10-9-22-6-5-19(10)16(21)15-11(2)14-12(18-15)7-17(3,4)8-13(14)20/h10,18H,5-9H2,1-4H3/t10-/m1/s1. The molecule has 1 N–H and O–H groups in total. The molecule has 0 unspecified atom stereocenters. The number of nitrogens with zero attached hydrogens (tertiary/aromatic N) is 1. The molecule has 2 heterocycles. The average molecular weight is 304 g/mol. The fourth-order valence-electron chi connectivity index (χ4n) is 3.62. The summed E-state index contributed by atoms with van der Waals surface area (Å²) in [6.07, 6.45) is 1.35. The predicted octanol–water partition coefficient (Wildman–Crippen LogP) is 2.34. The Kier molecular flexibility index (Phi) is 3.63. The van der Waals surface area contributed by atoms with E-state index < -0.39 is 0 Å². The maximum absolute atomic E-state index is 12.8. The van der Waals surface area contributed by atoms with Crippen LogP contribution in [0.15, 0.2) is 0 Å². The lowest BCUT2D eigenvalue weighted by atomic mass is 9.75. The van der Waals surface area contributed by atoms with E-state index in [1.54, 1.807) is 0 Å². The highest BCUT2D eigenvalue weighted by atomic mass is 16.5. The zero-order valence-electron chi connectivity index (χ0n) is 13.8. The number of carbonyl (C=O) groups excluding carboxylic acids is 2. The third kappa shape index (κ3) is 2.47. The SMILES string of the molecule is Cc1c(C(=O)N2CCOC[C@H]2C)[nH]c2c1C(=O)CC(C)(C)C2. The number of amides is 1. The lowest BCUT2D eigenvalue weighted by molar-refractivity contribution is 0.00325. The van der Waals surface area contributed by atoms with Crippen molar-refractivity contribution in [1.82, 2.24) is 9.88 Å². The molecule has 5 heteroatoms. The molecule has 0 bridgehead atoms. The van der Waals surface area contributed by atoms with Crippen LogP contribution in [0, 0.1) is 12.3 Å². The summed E-state index contributed by atoms with van der Waals surface area (Å²) in [7, 11) is 0. The van der Waals surface area contributed by atoms with Crippen molar-refractivity contribution in [3.8, 4) is 0 Å². The van der Waals surface area contributed by atoms with E-state index in [-0.39, 0.29) is 23.1 Å². The van der Waals surface area contributed by atoms with E-state index in [0.29, 0.717) is 31.9 Å². The molecule has 1 aromatic rings. The van der Waals surface area contributed by atoms with Gasteiger partial charge in [0.25, 0.3) is 5.91 Å². The number of H-pyrrole nitrogens is 1. The average Bonchev–Trinajstić information content (AvgIpc) is 2.74. The van der Waals surface area contributed by atoms with Crippen LogP contribution in [0.25, 0.3) is 0 Å². The van der Waals surface area contributed by atoms with Crippen LogP contribution in [-0.2, 0) is 11.2 Å². The fourth-order valence-corrected chi connectivity index (χ4v) is 3.62. The molecule has 1 fully saturated rings. The first-order valence-electron chi connectivity index (χ1n) is 7.93. The number of fused-ring (bicyclic) bond motifs is 1. The van der Waals surface area contributed by atoms with Gasteiger partial charge in [-0.05, 0) is 31.2 Å². The third-order valence-electron chi connectivity index (χ3n) is 4.74. The number of ether oxygens (including phenoxy) is 1. The van der Waals surface area contributed by atoms with Crippen LogP contribution in [0.4, 0.5) is 0 Å². The fraction of sp³-hybridized carbons (Fsp3) is 0.647. The van der Waals surface area contributed by atoms with E-state index in [1.807, 2.05) is 18.7 Å². The van der Waals surface area contributed by atoms with Gasteiger partial charge in [0.2, 0.25) is 0 Å². The largest absolute Gasteiger partial charge is 0.377 e. The summed E-state index contributed by atoms with van der Waals surface area (Å²) in [5, 5.41) is 0. The van der Waals surface area contributed by atoms with E-state index in [1.165, 1.54) is 0 Å². The molecule has 0 radical (unpaired) electrons.